The van der Waals surface area contributed by atoms with E-state index >= 15 is 0 Å². The quantitative estimate of drug-likeness (QED) is 0.211. The van der Waals surface area contributed by atoms with Gasteiger partial charge in [0.15, 0.2) is 5.13 Å². The molecule has 36 heavy (non-hydrogen) atoms. The minimum absolute atomic E-state index is 0.206. The highest BCUT2D eigenvalue weighted by atomic mass is 32.1. The number of hydrogen-bond donors (Lipinski definition) is 3. The molecule has 1 saturated carbocycles. The molecule has 6 nitrogen and oxygen atoms in total. The molecule has 0 bridgehead atoms. The molecule has 3 aromatic carbocycles. The summed E-state index contributed by atoms with van der Waals surface area (Å²) in [6, 6.07) is 26.1. The summed E-state index contributed by atoms with van der Waals surface area (Å²) in [6.07, 6.45) is 3.40. The van der Waals surface area contributed by atoms with Crippen molar-refractivity contribution < 1.29 is 14.6 Å². The number of rotatable bonds is 8. The van der Waals surface area contributed by atoms with E-state index in [1.807, 2.05) is 60.8 Å². The Balaban J connectivity index is 1.30. The van der Waals surface area contributed by atoms with E-state index in [1.54, 1.807) is 11.3 Å². The number of aromatic amines is 1. The van der Waals surface area contributed by atoms with Crippen LogP contribution in [0.5, 0.6) is 11.5 Å². The summed E-state index contributed by atoms with van der Waals surface area (Å²) in [7, 11) is 0. The second kappa shape index (κ2) is 9.51. The van der Waals surface area contributed by atoms with E-state index in [-0.39, 0.29) is 5.92 Å². The molecule has 0 unspecified atom stereocenters. The molecule has 3 N–H and O–H groups in total. The molecule has 0 saturated heterocycles. The smallest absolute Gasteiger partial charge is 0.306 e. The molecule has 6 rings (SSSR count). The normalized spacial score (nSPS) is 17.0. The van der Waals surface area contributed by atoms with Gasteiger partial charge < -0.3 is 20.1 Å². The number of carbonyl (C=O) groups is 1. The van der Waals surface area contributed by atoms with Crippen LogP contribution < -0.4 is 10.1 Å². The lowest BCUT2D eigenvalue weighted by Gasteiger charge is -2.32. The molecule has 5 aromatic rings. The number of thiazole rings is 1. The molecule has 0 radical (unpaired) electrons. The van der Waals surface area contributed by atoms with Gasteiger partial charge in [0.25, 0.3) is 0 Å². The topological polar surface area (TPSA) is 87.2 Å². The number of nitrogens with one attached hydrogen (secondary N) is 2. The second-order valence-corrected chi connectivity index (χ2v) is 10.1. The Bertz CT molecular complexity index is 1500. The molecule has 7 heteroatoms. The van der Waals surface area contributed by atoms with Crippen LogP contribution in [-0.2, 0) is 4.79 Å². The van der Waals surface area contributed by atoms with Crippen molar-refractivity contribution in [1.29, 1.82) is 0 Å². The van der Waals surface area contributed by atoms with E-state index in [0.717, 1.165) is 68.6 Å². The van der Waals surface area contributed by atoms with Gasteiger partial charge in [0.1, 0.15) is 11.5 Å². The summed E-state index contributed by atoms with van der Waals surface area (Å²) in [5, 5.41) is 14.6. The number of carboxylic acid groups (broad SMARTS) is 1. The van der Waals surface area contributed by atoms with E-state index in [2.05, 4.69) is 34.6 Å². The Morgan fingerprint density at radius 2 is 1.78 bits per heavy atom. The number of hydrogen-bond acceptors (Lipinski definition) is 5. The van der Waals surface area contributed by atoms with Gasteiger partial charge in [-0.15, -0.1) is 0 Å². The summed E-state index contributed by atoms with van der Waals surface area (Å²) in [5.41, 5.74) is 4.15. The molecule has 0 atom stereocenters. The zero-order valence-electron chi connectivity index (χ0n) is 19.5. The van der Waals surface area contributed by atoms with Crippen molar-refractivity contribution in [3.05, 3.63) is 85.1 Å². The van der Waals surface area contributed by atoms with E-state index in [4.69, 9.17) is 14.8 Å². The van der Waals surface area contributed by atoms with E-state index < -0.39 is 5.97 Å². The Labute approximate surface area is 212 Å². The SMILES string of the molecule is O=C(O)C1CC(CNc2nc(-c3ccc(Oc4ccccc4)cc3)c(-c3cccc4[nH]ccc34)s2)C1. The minimum atomic E-state index is -0.690. The van der Waals surface area contributed by atoms with Gasteiger partial charge in [0.2, 0.25) is 0 Å². The fourth-order valence-electron chi connectivity index (χ4n) is 4.70. The van der Waals surface area contributed by atoms with Crippen LogP contribution >= 0.6 is 11.3 Å². The highest BCUT2D eigenvalue weighted by Crippen LogP contribution is 2.43. The maximum absolute atomic E-state index is 11.1. The summed E-state index contributed by atoms with van der Waals surface area (Å²) in [5.74, 6) is 1.04. The molecule has 0 aliphatic heterocycles. The number of ether oxygens (including phenoxy) is 1. The second-order valence-electron chi connectivity index (χ2n) is 9.13. The maximum Gasteiger partial charge on any atom is 0.306 e. The Hall–Kier alpha value is -4.10. The van der Waals surface area contributed by atoms with Gasteiger partial charge in [-0.05, 0) is 67.3 Å². The molecule has 2 aromatic heterocycles. The average molecular weight is 496 g/mol. The van der Waals surface area contributed by atoms with E-state index in [0.29, 0.717) is 5.92 Å². The third kappa shape index (κ3) is 4.45. The standard InChI is InChI=1S/C29H25N3O3S/c33-28(34)20-15-18(16-20)17-31-29-32-26(27(36-29)24-7-4-8-25-23(24)13-14-30-25)19-9-11-22(12-10-19)35-21-5-2-1-3-6-21/h1-14,18,20,30H,15-17H2,(H,31,32)(H,33,34). The van der Waals surface area contributed by atoms with Crippen molar-refractivity contribution in [3.63, 3.8) is 0 Å². The largest absolute Gasteiger partial charge is 0.481 e. The summed E-state index contributed by atoms with van der Waals surface area (Å²) in [4.78, 5) is 20.5. The summed E-state index contributed by atoms with van der Waals surface area (Å²) in [6.45, 7) is 0.731. The highest BCUT2D eigenvalue weighted by molar-refractivity contribution is 7.19. The Morgan fingerprint density at radius 1 is 1.00 bits per heavy atom. The minimum Gasteiger partial charge on any atom is -0.481 e. The van der Waals surface area contributed by atoms with Crippen LogP contribution in [0.25, 0.3) is 32.6 Å². The number of benzene rings is 3. The van der Waals surface area contributed by atoms with Crippen LogP contribution in [-0.4, -0.2) is 27.6 Å². The number of aromatic nitrogens is 2. The van der Waals surface area contributed by atoms with Crippen molar-refractivity contribution in [3.8, 4) is 33.2 Å². The summed E-state index contributed by atoms with van der Waals surface area (Å²) < 4.78 is 5.97. The molecule has 0 spiro atoms. The first-order valence-corrected chi connectivity index (χ1v) is 12.8. The van der Waals surface area contributed by atoms with Gasteiger partial charge in [0, 0.05) is 34.8 Å². The Kier molecular flexibility index (Phi) is 5.91. The van der Waals surface area contributed by atoms with Crippen LogP contribution in [0, 0.1) is 11.8 Å². The van der Waals surface area contributed by atoms with Gasteiger partial charge in [0.05, 0.1) is 16.5 Å². The molecule has 180 valence electrons. The van der Waals surface area contributed by atoms with Crippen LogP contribution in [0.15, 0.2) is 85.1 Å². The predicted molar refractivity (Wildman–Crippen MR) is 144 cm³/mol. The van der Waals surface area contributed by atoms with Crippen LogP contribution in [0.4, 0.5) is 5.13 Å². The van der Waals surface area contributed by atoms with Gasteiger partial charge >= 0.3 is 5.97 Å². The van der Waals surface area contributed by atoms with Gasteiger partial charge in [-0.3, -0.25) is 4.79 Å². The summed E-state index contributed by atoms with van der Waals surface area (Å²) >= 11 is 1.63. The molecule has 1 fully saturated rings. The number of fused-ring (bicyclic) bond motifs is 1. The third-order valence-corrected chi connectivity index (χ3v) is 7.75. The number of anilines is 1. The predicted octanol–water partition coefficient (Wildman–Crippen LogP) is 7.27. The van der Waals surface area contributed by atoms with Crippen LogP contribution in [0.3, 0.4) is 0 Å². The third-order valence-electron chi connectivity index (χ3n) is 6.70. The zero-order valence-corrected chi connectivity index (χ0v) is 20.3. The highest BCUT2D eigenvalue weighted by Gasteiger charge is 2.34. The van der Waals surface area contributed by atoms with Crippen molar-refractivity contribution >= 4 is 33.3 Å². The number of nitrogens with zero attached hydrogens (tertiary/aromatic N) is 1. The molecule has 2 heterocycles. The van der Waals surface area contributed by atoms with E-state index in [9.17, 15) is 4.79 Å². The lowest BCUT2D eigenvalue weighted by molar-refractivity contribution is -0.146. The van der Waals surface area contributed by atoms with Crippen molar-refractivity contribution in [1.82, 2.24) is 9.97 Å². The number of carboxylic acids is 1. The maximum atomic E-state index is 11.1. The van der Waals surface area contributed by atoms with Crippen molar-refractivity contribution in [2.75, 3.05) is 11.9 Å². The molecular weight excluding hydrogens is 470 g/mol. The first kappa shape index (κ1) is 22.4. The first-order valence-electron chi connectivity index (χ1n) is 12.0. The fraction of sp³-hybridized carbons (Fsp3) is 0.172. The molecular formula is C29H25N3O3S. The number of para-hydroxylation sites is 1. The molecule has 1 aliphatic carbocycles. The lowest BCUT2D eigenvalue weighted by Crippen LogP contribution is -2.34. The number of H-pyrrole nitrogens is 1. The molecule has 1 aliphatic rings. The zero-order chi connectivity index (χ0) is 24.5. The van der Waals surface area contributed by atoms with E-state index in [1.165, 1.54) is 0 Å². The Morgan fingerprint density at radius 3 is 2.56 bits per heavy atom. The van der Waals surface area contributed by atoms with Gasteiger partial charge in [-0.1, -0.05) is 41.7 Å². The van der Waals surface area contributed by atoms with Crippen LogP contribution in [0.2, 0.25) is 0 Å². The van der Waals surface area contributed by atoms with Gasteiger partial charge in [-0.2, -0.15) is 0 Å². The fourth-order valence-corrected chi connectivity index (χ4v) is 5.73. The molecule has 0 amide bonds. The average Bonchev–Trinajstić information content (AvgIpc) is 3.51. The first-order chi connectivity index (χ1) is 17.6. The van der Waals surface area contributed by atoms with Crippen LogP contribution in [0.1, 0.15) is 12.8 Å². The number of aliphatic carboxylic acids is 1. The lowest BCUT2D eigenvalue weighted by atomic mass is 9.75. The van der Waals surface area contributed by atoms with Crippen molar-refractivity contribution in [2.45, 2.75) is 12.8 Å². The monoisotopic (exact) mass is 495 g/mol. The van der Waals surface area contributed by atoms with Gasteiger partial charge in [-0.25, -0.2) is 4.98 Å². The van der Waals surface area contributed by atoms with Crippen molar-refractivity contribution in [2.24, 2.45) is 11.8 Å².